The van der Waals surface area contributed by atoms with Crippen LogP contribution >= 0.6 is 11.8 Å². The van der Waals surface area contributed by atoms with Gasteiger partial charge in [-0.15, -0.1) is 16.8 Å². The summed E-state index contributed by atoms with van der Waals surface area (Å²) in [4.78, 5) is 15.3. The Morgan fingerprint density at radius 1 is 1.57 bits per heavy atom. The minimum absolute atomic E-state index is 0.0664. The van der Waals surface area contributed by atoms with E-state index in [0.717, 1.165) is 0 Å². The van der Waals surface area contributed by atoms with Crippen molar-refractivity contribution in [2.75, 3.05) is 7.05 Å². The fourth-order valence-electron chi connectivity index (χ4n) is 1.53. The molecule has 3 N–H and O–H groups in total. The van der Waals surface area contributed by atoms with Gasteiger partial charge in [-0.25, -0.2) is 0 Å². The minimum Gasteiger partial charge on any atom is -0.351 e. The highest BCUT2D eigenvalue weighted by Crippen LogP contribution is 2.20. The smallest absolute Gasteiger partial charge is 0.315 e. The van der Waals surface area contributed by atoms with E-state index in [1.807, 2.05) is 4.57 Å². The molecule has 0 unspecified atom stereocenters. The number of carbonyl (C=O) groups excluding carboxylic acids is 1. The van der Waals surface area contributed by atoms with Crippen LogP contribution in [0.15, 0.2) is 22.3 Å². The van der Waals surface area contributed by atoms with Gasteiger partial charge in [-0.3, -0.25) is 4.79 Å². The highest BCUT2D eigenvalue weighted by atomic mass is 32.2. The van der Waals surface area contributed by atoms with Crippen molar-refractivity contribution >= 4 is 17.7 Å². The molecule has 0 aliphatic rings. The quantitative estimate of drug-likeness (QED) is 0.539. The first-order valence-corrected chi connectivity index (χ1v) is 7.08. The van der Waals surface area contributed by atoms with E-state index >= 15 is 0 Å². The molecule has 10 heteroatoms. The van der Waals surface area contributed by atoms with E-state index in [1.54, 1.807) is 6.08 Å². The van der Waals surface area contributed by atoms with Gasteiger partial charge >= 0.3 is 11.8 Å². The van der Waals surface area contributed by atoms with E-state index in [0.29, 0.717) is 35.6 Å². The average molecular weight is 309 g/mol. The summed E-state index contributed by atoms with van der Waals surface area (Å²) in [5.74, 6) is 1.00. The Morgan fingerprint density at radius 2 is 2.38 bits per heavy atom. The molecule has 2 rings (SSSR count). The number of amides is 1. The summed E-state index contributed by atoms with van der Waals surface area (Å²) >= 11 is 1.38. The van der Waals surface area contributed by atoms with Crippen LogP contribution in [-0.4, -0.2) is 37.9 Å². The first-order chi connectivity index (χ1) is 10.2. The lowest BCUT2D eigenvalue weighted by Crippen LogP contribution is -2.18. The normalized spacial score (nSPS) is 10.6. The summed E-state index contributed by atoms with van der Waals surface area (Å²) in [6.45, 7) is 4.56. The molecule has 112 valence electrons. The van der Waals surface area contributed by atoms with Gasteiger partial charge in [0.1, 0.15) is 5.82 Å². The SMILES string of the molecule is C=CCn1c(CN)nnc1SCc1noc(C(=O)NC)n1. The predicted octanol–water partition coefficient (Wildman–Crippen LogP) is -0.0423. The Bertz CT molecular complexity index is 636. The zero-order chi connectivity index (χ0) is 15.2. The molecule has 0 saturated carbocycles. The van der Waals surface area contributed by atoms with Crippen molar-refractivity contribution in [3.63, 3.8) is 0 Å². The predicted molar refractivity (Wildman–Crippen MR) is 75.4 cm³/mol. The Balaban J connectivity index is 2.06. The van der Waals surface area contributed by atoms with Crippen LogP contribution in [0.5, 0.6) is 0 Å². The first kappa shape index (κ1) is 15.2. The Kier molecular flexibility index (Phi) is 5.06. The molecular weight excluding hydrogens is 294 g/mol. The molecule has 0 aromatic carbocycles. The first-order valence-electron chi connectivity index (χ1n) is 6.10. The van der Waals surface area contributed by atoms with Gasteiger partial charge in [0, 0.05) is 13.6 Å². The molecule has 0 fully saturated rings. The molecule has 21 heavy (non-hydrogen) atoms. The van der Waals surface area contributed by atoms with Crippen LogP contribution < -0.4 is 11.1 Å². The summed E-state index contributed by atoms with van der Waals surface area (Å²) in [7, 11) is 1.49. The lowest BCUT2D eigenvalue weighted by atomic mass is 10.5. The average Bonchev–Trinajstić information content (AvgIpc) is 3.11. The molecule has 0 spiro atoms. The van der Waals surface area contributed by atoms with Gasteiger partial charge in [-0.2, -0.15) is 4.98 Å². The summed E-state index contributed by atoms with van der Waals surface area (Å²) in [5.41, 5.74) is 5.60. The number of thioether (sulfide) groups is 1. The molecule has 9 nitrogen and oxygen atoms in total. The van der Waals surface area contributed by atoms with E-state index in [9.17, 15) is 4.79 Å². The van der Waals surface area contributed by atoms with Crippen molar-refractivity contribution in [1.29, 1.82) is 0 Å². The number of nitrogens with zero attached hydrogens (tertiary/aromatic N) is 5. The maximum atomic E-state index is 11.3. The largest absolute Gasteiger partial charge is 0.351 e. The Hall–Kier alpha value is -2.20. The molecule has 0 aliphatic carbocycles. The lowest BCUT2D eigenvalue weighted by Gasteiger charge is -2.04. The fraction of sp³-hybridized carbons (Fsp3) is 0.364. The monoisotopic (exact) mass is 309 g/mol. The van der Waals surface area contributed by atoms with Crippen molar-refractivity contribution in [3.05, 3.63) is 30.2 Å². The van der Waals surface area contributed by atoms with E-state index in [2.05, 4.69) is 32.2 Å². The Labute approximate surface area is 125 Å². The number of nitrogens with two attached hydrogens (primary N) is 1. The molecule has 0 saturated heterocycles. The zero-order valence-electron chi connectivity index (χ0n) is 11.4. The van der Waals surface area contributed by atoms with Gasteiger partial charge in [0.2, 0.25) is 0 Å². The van der Waals surface area contributed by atoms with E-state index in [-0.39, 0.29) is 5.89 Å². The third-order valence-electron chi connectivity index (χ3n) is 2.51. The summed E-state index contributed by atoms with van der Waals surface area (Å²) in [6.07, 6.45) is 1.74. The lowest BCUT2D eigenvalue weighted by molar-refractivity contribution is 0.0919. The van der Waals surface area contributed by atoms with Gasteiger partial charge in [-0.05, 0) is 0 Å². The highest BCUT2D eigenvalue weighted by Gasteiger charge is 2.15. The van der Waals surface area contributed by atoms with Gasteiger partial charge < -0.3 is 20.1 Å². The minimum atomic E-state index is -0.418. The maximum Gasteiger partial charge on any atom is 0.315 e. The second kappa shape index (κ2) is 6.99. The molecular formula is C11H15N7O2S. The summed E-state index contributed by atoms with van der Waals surface area (Å²) in [6, 6.07) is 0. The van der Waals surface area contributed by atoms with Crippen LogP contribution in [0.4, 0.5) is 0 Å². The topological polar surface area (TPSA) is 125 Å². The third-order valence-corrected chi connectivity index (χ3v) is 3.47. The fourth-order valence-corrected chi connectivity index (χ4v) is 2.34. The Morgan fingerprint density at radius 3 is 3.05 bits per heavy atom. The summed E-state index contributed by atoms with van der Waals surface area (Å²) < 4.78 is 6.70. The summed E-state index contributed by atoms with van der Waals surface area (Å²) in [5, 5.41) is 14.9. The molecule has 0 radical (unpaired) electrons. The molecule has 2 aromatic heterocycles. The van der Waals surface area contributed by atoms with Crippen molar-refractivity contribution < 1.29 is 9.32 Å². The molecule has 0 aliphatic heterocycles. The van der Waals surface area contributed by atoms with Gasteiger partial charge in [0.05, 0.1) is 12.3 Å². The van der Waals surface area contributed by atoms with Crippen molar-refractivity contribution in [2.24, 2.45) is 5.73 Å². The van der Waals surface area contributed by atoms with Gasteiger partial charge in [0.25, 0.3) is 0 Å². The number of hydrogen-bond donors (Lipinski definition) is 2. The third kappa shape index (κ3) is 3.47. The number of carbonyl (C=O) groups is 1. The van der Waals surface area contributed by atoms with E-state index in [1.165, 1.54) is 18.8 Å². The van der Waals surface area contributed by atoms with Crippen molar-refractivity contribution in [1.82, 2.24) is 30.2 Å². The highest BCUT2D eigenvalue weighted by molar-refractivity contribution is 7.98. The second-order valence-electron chi connectivity index (χ2n) is 3.89. The molecule has 2 aromatic rings. The van der Waals surface area contributed by atoms with E-state index in [4.69, 9.17) is 10.3 Å². The van der Waals surface area contributed by atoms with Crippen LogP contribution in [0.3, 0.4) is 0 Å². The van der Waals surface area contributed by atoms with Crippen molar-refractivity contribution in [2.45, 2.75) is 24.0 Å². The van der Waals surface area contributed by atoms with Crippen LogP contribution in [0.25, 0.3) is 0 Å². The zero-order valence-corrected chi connectivity index (χ0v) is 12.3. The van der Waals surface area contributed by atoms with Gasteiger partial charge in [0.15, 0.2) is 11.0 Å². The number of hydrogen-bond acceptors (Lipinski definition) is 8. The second-order valence-corrected chi connectivity index (χ2v) is 4.83. The van der Waals surface area contributed by atoms with Crippen molar-refractivity contribution in [3.8, 4) is 0 Å². The van der Waals surface area contributed by atoms with Crippen LogP contribution in [0, 0.1) is 0 Å². The molecule has 1 amide bonds. The van der Waals surface area contributed by atoms with Crippen LogP contribution in [-0.2, 0) is 18.8 Å². The van der Waals surface area contributed by atoms with Crippen LogP contribution in [0.2, 0.25) is 0 Å². The number of aromatic nitrogens is 5. The van der Waals surface area contributed by atoms with Crippen LogP contribution in [0.1, 0.15) is 22.3 Å². The maximum absolute atomic E-state index is 11.3. The standard InChI is InChI=1S/C11H15N7O2S/c1-3-4-18-8(5-12)15-16-11(18)21-6-7-14-10(20-17-7)9(19)13-2/h3H,1,4-6,12H2,2H3,(H,13,19). The molecule has 0 bridgehead atoms. The molecule has 0 atom stereocenters. The number of nitrogens with one attached hydrogen (secondary N) is 1. The molecule has 2 heterocycles. The van der Waals surface area contributed by atoms with Gasteiger partial charge in [-0.1, -0.05) is 23.0 Å². The number of rotatable bonds is 7. The van der Waals surface area contributed by atoms with E-state index < -0.39 is 5.91 Å². The number of allylic oxidation sites excluding steroid dienone is 1.